The molecule has 10 heteroatoms. The summed E-state index contributed by atoms with van der Waals surface area (Å²) in [5, 5.41) is 15.5. The van der Waals surface area contributed by atoms with Gasteiger partial charge in [0.2, 0.25) is 0 Å². The van der Waals surface area contributed by atoms with Crippen molar-refractivity contribution >= 4 is 22.9 Å². The molecule has 0 saturated heterocycles. The molecule has 0 aromatic carbocycles. The summed E-state index contributed by atoms with van der Waals surface area (Å²) in [4.78, 5) is 24.6. The standard InChI is InChI=1S/C25H24N8OS/c1-15-3-5-18(11-26-15)12-28-25(34)19-10-20(33-23(29-30-31-33)9-17-6-7-17)24-27-13-21(32(24)14-19)22-8-4-16(2)35-22/h3-5,8,10-11,13-14,17H,6-7,9,12H2,1-2H3,(H,28,34). The molecule has 1 saturated carbocycles. The Labute approximate surface area is 205 Å². The Morgan fingerprint density at radius 3 is 2.77 bits per heavy atom. The van der Waals surface area contributed by atoms with Gasteiger partial charge in [0.25, 0.3) is 5.91 Å². The van der Waals surface area contributed by atoms with Gasteiger partial charge in [-0.25, -0.2) is 4.98 Å². The van der Waals surface area contributed by atoms with E-state index in [4.69, 9.17) is 4.98 Å². The molecule has 0 atom stereocenters. The molecule has 0 spiro atoms. The molecule has 6 rings (SSSR count). The largest absolute Gasteiger partial charge is 0.348 e. The van der Waals surface area contributed by atoms with Crippen molar-refractivity contribution in [1.82, 2.24) is 39.9 Å². The number of pyridine rings is 2. The second-order valence-electron chi connectivity index (χ2n) is 9.01. The van der Waals surface area contributed by atoms with Crippen molar-refractivity contribution in [3.8, 4) is 16.3 Å². The quantitative estimate of drug-likeness (QED) is 0.375. The van der Waals surface area contributed by atoms with Crippen LogP contribution in [0, 0.1) is 19.8 Å². The van der Waals surface area contributed by atoms with E-state index in [1.807, 2.05) is 41.9 Å². The lowest BCUT2D eigenvalue weighted by atomic mass is 10.2. The van der Waals surface area contributed by atoms with E-state index in [9.17, 15) is 4.79 Å². The number of rotatable bonds is 7. The molecule has 0 unspecified atom stereocenters. The Kier molecular flexibility index (Phi) is 5.37. The number of imidazole rings is 1. The van der Waals surface area contributed by atoms with Crippen molar-refractivity contribution < 1.29 is 4.79 Å². The summed E-state index contributed by atoms with van der Waals surface area (Å²) in [7, 11) is 0. The van der Waals surface area contributed by atoms with Crippen molar-refractivity contribution in [3.63, 3.8) is 0 Å². The van der Waals surface area contributed by atoms with Crippen molar-refractivity contribution in [2.75, 3.05) is 0 Å². The van der Waals surface area contributed by atoms with E-state index in [0.717, 1.165) is 34.1 Å². The molecule has 176 valence electrons. The number of nitrogens with zero attached hydrogens (tertiary/aromatic N) is 7. The Balaban J connectivity index is 1.42. The monoisotopic (exact) mass is 484 g/mol. The Morgan fingerprint density at radius 1 is 1.14 bits per heavy atom. The number of amides is 1. The molecule has 1 N–H and O–H groups in total. The number of tetrazole rings is 1. The molecule has 35 heavy (non-hydrogen) atoms. The fourth-order valence-electron chi connectivity index (χ4n) is 4.09. The van der Waals surface area contributed by atoms with Crippen LogP contribution in [0.15, 0.2) is 48.9 Å². The number of nitrogens with one attached hydrogen (secondary N) is 1. The molecule has 5 aromatic heterocycles. The lowest BCUT2D eigenvalue weighted by Gasteiger charge is -2.11. The smallest absolute Gasteiger partial charge is 0.253 e. The molecular weight excluding hydrogens is 460 g/mol. The summed E-state index contributed by atoms with van der Waals surface area (Å²) in [6.07, 6.45) is 8.67. The molecule has 5 heterocycles. The predicted octanol–water partition coefficient (Wildman–Crippen LogP) is 3.93. The first-order chi connectivity index (χ1) is 17.0. The SMILES string of the molecule is Cc1ccc(CNC(=O)c2cc(-n3nnnc3CC3CC3)c3ncc(-c4ccc(C)s4)n3c2)cn1. The summed E-state index contributed by atoms with van der Waals surface area (Å²) in [5.41, 5.74) is 4.70. The lowest BCUT2D eigenvalue weighted by Crippen LogP contribution is -2.23. The van der Waals surface area contributed by atoms with Gasteiger partial charge in [0, 0.05) is 35.9 Å². The van der Waals surface area contributed by atoms with Gasteiger partial charge in [0.05, 0.1) is 22.3 Å². The fourth-order valence-corrected chi connectivity index (χ4v) is 4.97. The van der Waals surface area contributed by atoms with Crippen LogP contribution in [0.2, 0.25) is 0 Å². The van der Waals surface area contributed by atoms with Crippen LogP contribution in [0.1, 0.15) is 45.2 Å². The van der Waals surface area contributed by atoms with E-state index in [2.05, 4.69) is 44.9 Å². The molecule has 0 radical (unpaired) electrons. The van der Waals surface area contributed by atoms with Gasteiger partial charge in [-0.15, -0.1) is 16.4 Å². The Bertz CT molecular complexity index is 1530. The third-order valence-corrected chi connectivity index (χ3v) is 7.22. The van der Waals surface area contributed by atoms with E-state index in [0.29, 0.717) is 29.4 Å². The minimum absolute atomic E-state index is 0.187. The first-order valence-electron chi connectivity index (χ1n) is 11.6. The molecule has 1 fully saturated rings. The third kappa shape index (κ3) is 4.32. The molecule has 9 nitrogen and oxygen atoms in total. The maximum atomic E-state index is 13.3. The average molecular weight is 485 g/mol. The zero-order chi connectivity index (χ0) is 23.9. The highest BCUT2D eigenvalue weighted by atomic mass is 32.1. The number of aromatic nitrogens is 7. The van der Waals surface area contributed by atoms with Gasteiger partial charge in [-0.3, -0.25) is 14.2 Å². The van der Waals surface area contributed by atoms with Crippen LogP contribution in [-0.4, -0.2) is 40.5 Å². The highest BCUT2D eigenvalue weighted by Gasteiger charge is 2.26. The van der Waals surface area contributed by atoms with Crippen molar-refractivity contribution in [2.45, 2.75) is 39.7 Å². The highest BCUT2D eigenvalue weighted by Crippen LogP contribution is 2.33. The van der Waals surface area contributed by atoms with Gasteiger partial charge in [0.1, 0.15) is 5.69 Å². The van der Waals surface area contributed by atoms with Gasteiger partial charge in [0.15, 0.2) is 11.5 Å². The van der Waals surface area contributed by atoms with Crippen LogP contribution in [0.4, 0.5) is 0 Å². The summed E-state index contributed by atoms with van der Waals surface area (Å²) in [6, 6.07) is 9.89. The van der Waals surface area contributed by atoms with Gasteiger partial charge in [-0.2, -0.15) is 4.68 Å². The molecule has 1 amide bonds. The van der Waals surface area contributed by atoms with Gasteiger partial charge in [-0.05, 0) is 72.9 Å². The Morgan fingerprint density at radius 2 is 2.03 bits per heavy atom. The lowest BCUT2D eigenvalue weighted by molar-refractivity contribution is 0.0950. The number of carbonyl (C=O) groups excluding carboxylic acids is 1. The van der Waals surface area contributed by atoms with Crippen molar-refractivity contribution in [1.29, 1.82) is 0 Å². The minimum Gasteiger partial charge on any atom is -0.348 e. The van der Waals surface area contributed by atoms with Gasteiger partial charge < -0.3 is 5.32 Å². The van der Waals surface area contributed by atoms with E-state index >= 15 is 0 Å². The number of hydrogen-bond donors (Lipinski definition) is 1. The predicted molar refractivity (Wildman–Crippen MR) is 133 cm³/mol. The van der Waals surface area contributed by atoms with Crippen LogP contribution >= 0.6 is 11.3 Å². The average Bonchev–Trinajstić information content (AvgIpc) is 3.20. The number of carbonyl (C=O) groups is 1. The van der Waals surface area contributed by atoms with Crippen LogP contribution in [0.5, 0.6) is 0 Å². The van der Waals surface area contributed by atoms with E-state index < -0.39 is 0 Å². The molecular formula is C25H24N8OS. The second-order valence-corrected chi connectivity index (χ2v) is 10.3. The minimum atomic E-state index is -0.187. The van der Waals surface area contributed by atoms with Crippen LogP contribution in [0.3, 0.4) is 0 Å². The maximum absolute atomic E-state index is 13.3. The number of fused-ring (bicyclic) bond motifs is 1. The van der Waals surface area contributed by atoms with Crippen molar-refractivity contribution in [3.05, 3.63) is 76.4 Å². The summed E-state index contributed by atoms with van der Waals surface area (Å²) in [5.74, 6) is 1.22. The summed E-state index contributed by atoms with van der Waals surface area (Å²) >= 11 is 1.69. The van der Waals surface area contributed by atoms with E-state index in [1.165, 1.54) is 17.7 Å². The molecule has 1 aliphatic rings. The first-order valence-corrected chi connectivity index (χ1v) is 12.4. The third-order valence-electron chi connectivity index (χ3n) is 6.20. The zero-order valence-electron chi connectivity index (χ0n) is 19.5. The zero-order valence-corrected chi connectivity index (χ0v) is 20.3. The van der Waals surface area contributed by atoms with Gasteiger partial charge >= 0.3 is 0 Å². The second kappa shape index (κ2) is 8.70. The van der Waals surface area contributed by atoms with Crippen LogP contribution < -0.4 is 5.32 Å². The number of thiophene rings is 1. The van der Waals surface area contributed by atoms with Crippen LogP contribution in [0.25, 0.3) is 21.9 Å². The number of hydrogen-bond acceptors (Lipinski definition) is 7. The van der Waals surface area contributed by atoms with Crippen LogP contribution in [-0.2, 0) is 13.0 Å². The topological polar surface area (TPSA) is 103 Å². The van der Waals surface area contributed by atoms with Crippen molar-refractivity contribution in [2.24, 2.45) is 5.92 Å². The molecule has 0 bridgehead atoms. The molecule has 5 aromatic rings. The fraction of sp³-hybridized carbons (Fsp3) is 0.280. The highest BCUT2D eigenvalue weighted by molar-refractivity contribution is 7.15. The summed E-state index contributed by atoms with van der Waals surface area (Å²) < 4.78 is 3.69. The summed E-state index contributed by atoms with van der Waals surface area (Å²) in [6.45, 7) is 4.40. The van der Waals surface area contributed by atoms with E-state index in [1.54, 1.807) is 22.2 Å². The molecule has 0 aliphatic heterocycles. The maximum Gasteiger partial charge on any atom is 0.253 e. The Hall–Kier alpha value is -3.92. The molecule has 1 aliphatic carbocycles. The van der Waals surface area contributed by atoms with E-state index in [-0.39, 0.29) is 5.91 Å². The normalized spacial score (nSPS) is 13.4. The number of aryl methyl sites for hydroxylation is 2. The van der Waals surface area contributed by atoms with Gasteiger partial charge in [-0.1, -0.05) is 6.07 Å². The first kappa shape index (κ1) is 21.6.